The maximum absolute atomic E-state index is 6.36. The average molecular weight is 375 g/mol. The molecule has 3 fully saturated rings. The minimum atomic E-state index is 0.600. The molecule has 1 aliphatic heterocycles. The smallest absolute Gasteiger partial charge is 0.0603 e. The molecule has 0 radical (unpaired) electrons. The number of rotatable bonds is 9. The van der Waals surface area contributed by atoms with Crippen molar-refractivity contribution in [3.63, 3.8) is 0 Å². The first kappa shape index (κ1) is 21.4. The second-order valence-corrected chi connectivity index (χ2v) is 10.2. The highest BCUT2D eigenvalue weighted by Gasteiger charge is 2.31. The Balaban J connectivity index is 1.27. The third-order valence-corrected chi connectivity index (χ3v) is 8.25. The van der Waals surface area contributed by atoms with Gasteiger partial charge in [0.25, 0.3) is 0 Å². The molecule has 2 saturated carbocycles. The normalized spacial score (nSPS) is 37.8. The van der Waals surface area contributed by atoms with Crippen molar-refractivity contribution in [3.05, 3.63) is 12.7 Å². The van der Waals surface area contributed by atoms with E-state index < -0.39 is 0 Å². The van der Waals surface area contributed by atoms with Gasteiger partial charge in [0.15, 0.2) is 0 Å². The minimum Gasteiger partial charge on any atom is -0.378 e. The summed E-state index contributed by atoms with van der Waals surface area (Å²) in [5.41, 5.74) is 0. The molecule has 3 aliphatic rings. The molecular weight excluding hydrogens is 328 g/mol. The Bertz CT molecular complexity index is 392. The van der Waals surface area contributed by atoms with Crippen molar-refractivity contribution in [3.8, 4) is 0 Å². The van der Waals surface area contributed by atoms with Crippen LogP contribution in [-0.2, 0) is 4.74 Å². The summed E-state index contributed by atoms with van der Waals surface area (Å²) in [4.78, 5) is 0. The van der Waals surface area contributed by atoms with Gasteiger partial charge in [0.05, 0.1) is 6.10 Å². The van der Waals surface area contributed by atoms with Gasteiger partial charge in [0, 0.05) is 6.61 Å². The van der Waals surface area contributed by atoms with Gasteiger partial charge in [-0.1, -0.05) is 57.9 Å². The number of ether oxygens (including phenoxy) is 1. The van der Waals surface area contributed by atoms with Gasteiger partial charge in [-0.2, -0.15) is 0 Å². The highest BCUT2D eigenvalue weighted by molar-refractivity contribution is 4.85. The second-order valence-electron chi connectivity index (χ2n) is 10.2. The summed E-state index contributed by atoms with van der Waals surface area (Å²) in [6.45, 7) is 7.34. The van der Waals surface area contributed by atoms with E-state index in [0.29, 0.717) is 6.10 Å². The van der Waals surface area contributed by atoms with Crippen LogP contribution < -0.4 is 0 Å². The van der Waals surface area contributed by atoms with E-state index in [9.17, 15) is 0 Å². The van der Waals surface area contributed by atoms with E-state index in [2.05, 4.69) is 19.6 Å². The predicted octanol–water partition coefficient (Wildman–Crippen LogP) is 7.94. The molecule has 2 aliphatic carbocycles. The van der Waals surface area contributed by atoms with Gasteiger partial charge in [-0.05, 0) is 87.4 Å². The third kappa shape index (κ3) is 6.91. The lowest BCUT2D eigenvalue weighted by Crippen LogP contribution is -2.34. The van der Waals surface area contributed by atoms with E-state index in [1.165, 1.54) is 103 Å². The Morgan fingerprint density at radius 2 is 1.37 bits per heavy atom. The first-order chi connectivity index (χ1) is 13.3. The second kappa shape index (κ2) is 11.6. The van der Waals surface area contributed by atoms with Gasteiger partial charge in [-0.3, -0.25) is 0 Å². The SMILES string of the molecule is C=CC1CCC(CCC2CCC(C3CCC(CCCCC)CO3)CC2)CC1. The molecule has 0 spiro atoms. The van der Waals surface area contributed by atoms with E-state index in [-0.39, 0.29) is 0 Å². The van der Waals surface area contributed by atoms with E-state index in [1.807, 2.05) is 0 Å². The molecule has 0 aromatic rings. The van der Waals surface area contributed by atoms with Crippen molar-refractivity contribution in [2.75, 3.05) is 6.61 Å². The van der Waals surface area contributed by atoms with Crippen LogP contribution in [0.25, 0.3) is 0 Å². The highest BCUT2D eigenvalue weighted by atomic mass is 16.5. The minimum absolute atomic E-state index is 0.600. The topological polar surface area (TPSA) is 9.23 Å². The lowest BCUT2D eigenvalue weighted by atomic mass is 9.73. The molecule has 1 heterocycles. The maximum Gasteiger partial charge on any atom is 0.0603 e. The molecule has 1 heteroatoms. The molecule has 0 amide bonds. The average Bonchev–Trinajstić information content (AvgIpc) is 2.74. The quantitative estimate of drug-likeness (QED) is 0.294. The van der Waals surface area contributed by atoms with Crippen LogP contribution in [0.1, 0.15) is 110 Å². The van der Waals surface area contributed by atoms with Gasteiger partial charge in [0.1, 0.15) is 0 Å². The summed E-state index contributed by atoms with van der Waals surface area (Å²) in [6, 6.07) is 0. The molecule has 0 N–H and O–H groups in total. The van der Waals surface area contributed by atoms with Crippen LogP contribution in [-0.4, -0.2) is 12.7 Å². The van der Waals surface area contributed by atoms with Crippen molar-refractivity contribution in [2.24, 2.45) is 29.6 Å². The summed E-state index contributed by atoms with van der Waals surface area (Å²) in [5, 5.41) is 0. The first-order valence-electron chi connectivity index (χ1n) is 12.5. The van der Waals surface area contributed by atoms with E-state index in [4.69, 9.17) is 4.74 Å². The van der Waals surface area contributed by atoms with E-state index in [0.717, 1.165) is 36.2 Å². The molecule has 2 unspecified atom stereocenters. The summed E-state index contributed by atoms with van der Waals surface area (Å²) < 4.78 is 6.36. The Labute approximate surface area is 169 Å². The molecule has 2 atom stereocenters. The monoisotopic (exact) mass is 374 g/mol. The first-order valence-corrected chi connectivity index (χ1v) is 12.5. The molecule has 0 aromatic heterocycles. The van der Waals surface area contributed by atoms with Crippen molar-refractivity contribution >= 4 is 0 Å². The summed E-state index contributed by atoms with van der Waals surface area (Å²) >= 11 is 0. The standard InChI is InChI=1S/C26H46O/c1-3-5-6-7-24-16-19-26(27-20-24)25-17-14-23(15-18-25)13-12-22-10-8-21(4-2)9-11-22/h4,21-26H,2-3,5-20H2,1H3. The van der Waals surface area contributed by atoms with Gasteiger partial charge >= 0.3 is 0 Å². The summed E-state index contributed by atoms with van der Waals surface area (Å²) in [6.07, 6.45) is 25.7. The number of unbranched alkanes of at least 4 members (excludes halogenated alkanes) is 2. The molecule has 3 rings (SSSR count). The van der Waals surface area contributed by atoms with E-state index in [1.54, 1.807) is 0 Å². The van der Waals surface area contributed by atoms with Crippen molar-refractivity contribution in [2.45, 2.75) is 116 Å². The van der Waals surface area contributed by atoms with Crippen LogP contribution >= 0.6 is 0 Å². The van der Waals surface area contributed by atoms with Gasteiger partial charge in [-0.15, -0.1) is 6.58 Å². The molecule has 1 nitrogen and oxygen atoms in total. The lowest BCUT2D eigenvalue weighted by Gasteiger charge is -2.38. The van der Waals surface area contributed by atoms with Gasteiger partial charge in [-0.25, -0.2) is 0 Å². The van der Waals surface area contributed by atoms with Crippen LogP contribution in [0.4, 0.5) is 0 Å². The fourth-order valence-corrected chi connectivity index (χ4v) is 6.14. The van der Waals surface area contributed by atoms with Gasteiger partial charge < -0.3 is 4.74 Å². The predicted molar refractivity (Wildman–Crippen MR) is 117 cm³/mol. The van der Waals surface area contributed by atoms with Crippen LogP contribution in [0.2, 0.25) is 0 Å². The Hall–Kier alpha value is -0.300. The van der Waals surface area contributed by atoms with Crippen LogP contribution in [0.15, 0.2) is 12.7 Å². The third-order valence-electron chi connectivity index (χ3n) is 8.25. The number of hydrogen-bond acceptors (Lipinski definition) is 1. The maximum atomic E-state index is 6.36. The van der Waals surface area contributed by atoms with Crippen molar-refractivity contribution in [1.29, 1.82) is 0 Å². The van der Waals surface area contributed by atoms with Crippen molar-refractivity contribution < 1.29 is 4.74 Å². The fraction of sp³-hybridized carbons (Fsp3) is 0.923. The molecular formula is C26H46O. The molecule has 0 bridgehead atoms. The van der Waals surface area contributed by atoms with Crippen LogP contribution in [0, 0.1) is 29.6 Å². The van der Waals surface area contributed by atoms with E-state index >= 15 is 0 Å². The van der Waals surface area contributed by atoms with Gasteiger partial charge in [0.2, 0.25) is 0 Å². The largest absolute Gasteiger partial charge is 0.378 e. The Kier molecular flexibility index (Phi) is 9.23. The molecule has 1 saturated heterocycles. The lowest BCUT2D eigenvalue weighted by molar-refractivity contribution is -0.0600. The number of hydrogen-bond donors (Lipinski definition) is 0. The zero-order valence-electron chi connectivity index (χ0n) is 18.2. The Morgan fingerprint density at radius 1 is 0.741 bits per heavy atom. The molecule has 0 aromatic carbocycles. The molecule has 156 valence electrons. The van der Waals surface area contributed by atoms with Crippen molar-refractivity contribution in [1.82, 2.24) is 0 Å². The Morgan fingerprint density at radius 3 is 1.93 bits per heavy atom. The zero-order chi connectivity index (χ0) is 18.9. The summed E-state index contributed by atoms with van der Waals surface area (Å²) in [7, 11) is 0. The van der Waals surface area contributed by atoms with Crippen LogP contribution in [0.5, 0.6) is 0 Å². The summed E-state index contributed by atoms with van der Waals surface area (Å²) in [5.74, 6) is 4.59. The molecule has 27 heavy (non-hydrogen) atoms. The zero-order valence-corrected chi connectivity index (χ0v) is 18.2. The fourth-order valence-electron chi connectivity index (χ4n) is 6.14. The highest BCUT2D eigenvalue weighted by Crippen LogP contribution is 2.40. The van der Waals surface area contributed by atoms with Crippen LogP contribution in [0.3, 0.4) is 0 Å². The number of allylic oxidation sites excluding steroid dienone is 1.